The van der Waals surface area contributed by atoms with Crippen LogP contribution in [0, 0.1) is 11.6 Å². The highest BCUT2D eigenvalue weighted by atomic mass is 35.5. The maximum absolute atomic E-state index is 15.9. The Morgan fingerprint density at radius 2 is 1.92 bits per heavy atom. The summed E-state index contributed by atoms with van der Waals surface area (Å²) in [6, 6.07) is 8.14. The van der Waals surface area contributed by atoms with E-state index in [2.05, 4.69) is 19.9 Å². The minimum absolute atomic E-state index is 0.00432. The summed E-state index contributed by atoms with van der Waals surface area (Å²) in [5, 5.41) is 1.46. The Kier molecular flexibility index (Phi) is 5.45. The van der Waals surface area contributed by atoms with Crippen LogP contribution < -0.4 is 4.90 Å². The van der Waals surface area contributed by atoms with Gasteiger partial charge in [-0.15, -0.1) is 0 Å². The molecule has 2 aliphatic rings. The van der Waals surface area contributed by atoms with Gasteiger partial charge >= 0.3 is 6.09 Å². The molecule has 0 aliphatic carbocycles. The quantitative estimate of drug-likeness (QED) is 0.322. The Balaban J connectivity index is 1.36. The van der Waals surface area contributed by atoms with E-state index >= 15 is 4.39 Å². The van der Waals surface area contributed by atoms with E-state index in [4.69, 9.17) is 16.3 Å². The van der Waals surface area contributed by atoms with Gasteiger partial charge in [-0.25, -0.2) is 23.5 Å². The monoisotopic (exact) mass is 523 g/mol. The van der Waals surface area contributed by atoms with Crippen LogP contribution in [-0.4, -0.2) is 56.7 Å². The lowest BCUT2D eigenvalue weighted by Crippen LogP contribution is -2.64. The SMILES string of the molecule is CC(C)(C)OC(=O)N1C[C@H]2[C@@H]1CCN2c1ncnc2c(F)c(-c3cccc4ccc(F)c(Cl)c34)ncc12. The second-order valence-corrected chi connectivity index (χ2v) is 10.8. The largest absolute Gasteiger partial charge is 0.444 e. The molecule has 0 radical (unpaired) electrons. The molecule has 0 unspecified atom stereocenters. The van der Waals surface area contributed by atoms with Crippen molar-refractivity contribution < 1.29 is 18.3 Å². The molecule has 1 amide bonds. The number of likely N-dealkylation sites (tertiary alicyclic amines) is 1. The lowest BCUT2D eigenvalue weighted by Gasteiger charge is -2.46. The summed E-state index contributed by atoms with van der Waals surface area (Å²) in [6.07, 6.45) is 3.30. The molecule has 2 saturated heterocycles. The van der Waals surface area contributed by atoms with Gasteiger partial charge in [-0.05, 0) is 38.6 Å². The molecule has 4 heterocycles. The second-order valence-electron chi connectivity index (χ2n) is 10.4. The highest BCUT2D eigenvalue weighted by Crippen LogP contribution is 2.40. The molecule has 2 aliphatic heterocycles. The number of rotatable bonds is 2. The zero-order chi connectivity index (χ0) is 26.1. The number of hydrogen-bond acceptors (Lipinski definition) is 6. The number of amides is 1. The number of pyridine rings is 1. The van der Waals surface area contributed by atoms with Crippen molar-refractivity contribution in [2.24, 2.45) is 0 Å². The third-order valence-corrected chi connectivity index (χ3v) is 7.36. The van der Waals surface area contributed by atoms with Crippen LogP contribution in [-0.2, 0) is 4.74 Å². The highest BCUT2D eigenvalue weighted by molar-refractivity contribution is 6.36. The molecule has 0 saturated carbocycles. The molecule has 0 bridgehead atoms. The maximum atomic E-state index is 15.9. The molecule has 6 rings (SSSR count). The standard InChI is InChI=1S/C27H24ClF2N5O2/c1-27(2,3)37-26(36)35-12-19-18(35)9-10-34(19)25-16-11-31-23(22(30)24(16)32-13-33-25)15-6-4-5-14-7-8-17(29)21(28)20(14)15/h4-8,11,13,18-19H,9-10,12H2,1-3H3/t18-,19-/m0/s1. The minimum atomic E-state index is -0.631. The molecule has 2 atom stereocenters. The fourth-order valence-electron chi connectivity index (χ4n) is 5.31. The van der Waals surface area contributed by atoms with Crippen LogP contribution in [0.2, 0.25) is 5.02 Å². The maximum Gasteiger partial charge on any atom is 0.410 e. The van der Waals surface area contributed by atoms with Crippen LogP contribution in [0.5, 0.6) is 0 Å². The summed E-state index contributed by atoms with van der Waals surface area (Å²) in [7, 11) is 0. The topological polar surface area (TPSA) is 71.5 Å². The number of anilines is 1. The molecule has 2 aromatic heterocycles. The van der Waals surface area contributed by atoms with Gasteiger partial charge in [-0.3, -0.25) is 4.98 Å². The number of hydrogen-bond donors (Lipinski definition) is 0. The Morgan fingerprint density at radius 3 is 2.70 bits per heavy atom. The van der Waals surface area contributed by atoms with Gasteiger partial charge < -0.3 is 14.5 Å². The highest BCUT2D eigenvalue weighted by Gasteiger charge is 2.51. The van der Waals surface area contributed by atoms with Crippen LogP contribution in [0.1, 0.15) is 27.2 Å². The van der Waals surface area contributed by atoms with E-state index in [1.807, 2.05) is 20.8 Å². The fourth-order valence-corrected chi connectivity index (χ4v) is 5.59. The summed E-state index contributed by atoms with van der Waals surface area (Å²) in [4.78, 5) is 29.5. The average molecular weight is 524 g/mol. The van der Waals surface area contributed by atoms with E-state index in [1.54, 1.807) is 35.4 Å². The van der Waals surface area contributed by atoms with Gasteiger partial charge in [0.05, 0.1) is 22.5 Å². The number of nitrogens with zero attached hydrogens (tertiary/aromatic N) is 5. The smallest absolute Gasteiger partial charge is 0.410 e. The summed E-state index contributed by atoms with van der Waals surface area (Å²) < 4.78 is 35.7. The molecule has 2 fully saturated rings. The predicted molar refractivity (Wildman–Crippen MR) is 138 cm³/mol. The number of fused-ring (bicyclic) bond motifs is 3. The van der Waals surface area contributed by atoms with Crippen molar-refractivity contribution in [1.82, 2.24) is 19.9 Å². The van der Waals surface area contributed by atoms with Crippen LogP contribution in [0.3, 0.4) is 0 Å². The molecule has 4 aromatic rings. The average Bonchev–Trinajstić information content (AvgIpc) is 3.15. The van der Waals surface area contributed by atoms with E-state index < -0.39 is 17.2 Å². The van der Waals surface area contributed by atoms with E-state index in [-0.39, 0.29) is 34.4 Å². The van der Waals surface area contributed by atoms with Gasteiger partial charge in [0, 0.05) is 30.2 Å². The second kappa shape index (κ2) is 8.48. The first kappa shape index (κ1) is 23.8. The van der Waals surface area contributed by atoms with Crippen molar-refractivity contribution in [2.45, 2.75) is 44.9 Å². The molecule has 0 spiro atoms. The van der Waals surface area contributed by atoms with E-state index in [9.17, 15) is 9.18 Å². The molecule has 190 valence electrons. The number of benzene rings is 2. The number of aromatic nitrogens is 3. The molecular formula is C27H24ClF2N5O2. The summed E-state index contributed by atoms with van der Waals surface area (Å²) in [5.41, 5.74) is -0.0278. The van der Waals surface area contributed by atoms with Crippen molar-refractivity contribution in [1.29, 1.82) is 0 Å². The third kappa shape index (κ3) is 3.83. The first-order valence-corrected chi connectivity index (χ1v) is 12.4. The van der Waals surface area contributed by atoms with Crippen molar-refractivity contribution >= 4 is 45.2 Å². The lowest BCUT2D eigenvalue weighted by molar-refractivity contribution is -0.00710. The first-order chi connectivity index (χ1) is 17.6. The van der Waals surface area contributed by atoms with Gasteiger partial charge in [0.1, 0.15) is 34.8 Å². The fraction of sp³-hybridized carbons (Fsp3) is 0.333. The number of ether oxygens (including phenoxy) is 1. The van der Waals surface area contributed by atoms with Gasteiger partial charge in [0.15, 0.2) is 5.82 Å². The van der Waals surface area contributed by atoms with Crippen LogP contribution in [0.15, 0.2) is 42.9 Å². The Labute approximate surface area is 217 Å². The van der Waals surface area contributed by atoms with Crippen LogP contribution in [0.4, 0.5) is 19.4 Å². The van der Waals surface area contributed by atoms with E-state index in [0.29, 0.717) is 40.6 Å². The molecular weight excluding hydrogens is 500 g/mol. The van der Waals surface area contributed by atoms with Crippen LogP contribution in [0.25, 0.3) is 32.9 Å². The van der Waals surface area contributed by atoms with Gasteiger partial charge in [0.2, 0.25) is 0 Å². The van der Waals surface area contributed by atoms with Crippen molar-refractivity contribution in [3.05, 3.63) is 59.5 Å². The number of halogens is 3. The van der Waals surface area contributed by atoms with E-state index in [1.165, 1.54) is 12.4 Å². The zero-order valence-electron chi connectivity index (χ0n) is 20.5. The summed E-state index contributed by atoms with van der Waals surface area (Å²) in [5.74, 6) is -0.646. The zero-order valence-corrected chi connectivity index (χ0v) is 21.3. The first-order valence-electron chi connectivity index (χ1n) is 12.1. The molecule has 2 aromatic carbocycles. The Morgan fingerprint density at radius 1 is 1.11 bits per heavy atom. The number of carbonyl (C=O) groups is 1. The normalized spacial score (nSPS) is 19.3. The lowest BCUT2D eigenvalue weighted by atomic mass is 9.98. The van der Waals surface area contributed by atoms with Crippen molar-refractivity contribution in [3.8, 4) is 11.3 Å². The van der Waals surface area contributed by atoms with Gasteiger partial charge in [0.25, 0.3) is 0 Å². The molecule has 37 heavy (non-hydrogen) atoms. The summed E-state index contributed by atoms with van der Waals surface area (Å²) in [6.45, 7) is 6.68. The predicted octanol–water partition coefficient (Wildman–Crippen LogP) is 5.97. The number of carbonyl (C=O) groups excluding carboxylic acids is 1. The third-order valence-electron chi connectivity index (χ3n) is 6.99. The minimum Gasteiger partial charge on any atom is -0.444 e. The van der Waals surface area contributed by atoms with Crippen molar-refractivity contribution in [3.63, 3.8) is 0 Å². The Hall–Kier alpha value is -3.59. The molecule has 7 nitrogen and oxygen atoms in total. The van der Waals surface area contributed by atoms with Gasteiger partial charge in [-0.1, -0.05) is 35.9 Å². The van der Waals surface area contributed by atoms with Crippen molar-refractivity contribution in [2.75, 3.05) is 18.0 Å². The van der Waals surface area contributed by atoms with E-state index in [0.717, 1.165) is 6.42 Å². The van der Waals surface area contributed by atoms with Gasteiger partial charge in [-0.2, -0.15) is 0 Å². The molecule has 10 heteroatoms. The summed E-state index contributed by atoms with van der Waals surface area (Å²) >= 11 is 6.27. The Bertz CT molecular complexity index is 1570. The van der Waals surface area contributed by atoms with Crippen LogP contribution >= 0.6 is 11.6 Å². The molecule has 0 N–H and O–H groups in total.